The van der Waals surface area contributed by atoms with Crippen LogP contribution in [0, 0.1) is 0 Å². The van der Waals surface area contributed by atoms with Crippen molar-refractivity contribution in [3.05, 3.63) is 58.1 Å². The highest BCUT2D eigenvalue weighted by atomic mass is 35.5. The molecule has 190 valence electrons. The molecule has 1 aliphatic rings. The summed E-state index contributed by atoms with van der Waals surface area (Å²) in [5.41, 5.74) is -0.684. The zero-order valence-corrected chi connectivity index (χ0v) is 20.2. The fourth-order valence-electron chi connectivity index (χ4n) is 3.41. The Morgan fingerprint density at radius 2 is 2.00 bits per heavy atom. The molecule has 35 heavy (non-hydrogen) atoms. The monoisotopic (exact) mass is 534 g/mol. The summed E-state index contributed by atoms with van der Waals surface area (Å²) in [5, 5.41) is 0.157. The number of benzene rings is 2. The van der Waals surface area contributed by atoms with E-state index < -0.39 is 46.5 Å². The molecule has 2 N–H and O–H groups in total. The summed E-state index contributed by atoms with van der Waals surface area (Å²) in [7, 11) is -4.05. The minimum Gasteiger partial charge on any atom is -0.491 e. The van der Waals surface area contributed by atoms with Crippen LogP contribution in [0.2, 0.25) is 5.02 Å². The van der Waals surface area contributed by atoms with Crippen LogP contribution in [0.15, 0.2) is 36.4 Å². The van der Waals surface area contributed by atoms with Crippen molar-refractivity contribution >= 4 is 33.4 Å². The number of rotatable bonds is 9. The second-order valence-corrected chi connectivity index (χ2v) is 9.63. The van der Waals surface area contributed by atoms with Gasteiger partial charge in [-0.3, -0.25) is 9.59 Å². The number of carbonyl (C=O) groups is 2. The maximum Gasteiger partial charge on any atom is 0.416 e. The Balaban J connectivity index is 1.95. The van der Waals surface area contributed by atoms with Crippen molar-refractivity contribution < 1.29 is 40.7 Å². The number of ketones is 2. The highest BCUT2D eigenvalue weighted by Crippen LogP contribution is 2.43. The summed E-state index contributed by atoms with van der Waals surface area (Å²) < 4.78 is 79.7. The van der Waals surface area contributed by atoms with Crippen molar-refractivity contribution in [2.75, 3.05) is 13.2 Å². The van der Waals surface area contributed by atoms with Gasteiger partial charge in [0.15, 0.2) is 11.6 Å². The summed E-state index contributed by atoms with van der Waals surface area (Å²) >= 11 is 6.14. The molecule has 2 aromatic rings. The average molecular weight is 535 g/mol. The first-order valence-corrected chi connectivity index (χ1v) is 12.3. The van der Waals surface area contributed by atoms with E-state index in [1.54, 1.807) is 6.07 Å². The molecule has 13 heteroatoms. The summed E-state index contributed by atoms with van der Waals surface area (Å²) in [6.45, 7) is 2.09. The minimum absolute atomic E-state index is 0.0513. The van der Waals surface area contributed by atoms with Gasteiger partial charge in [-0.15, -0.1) is 0 Å². The molecule has 0 amide bonds. The van der Waals surface area contributed by atoms with Crippen LogP contribution in [0.1, 0.15) is 47.9 Å². The lowest BCUT2D eigenvalue weighted by Crippen LogP contribution is -2.48. The highest BCUT2D eigenvalue weighted by molar-refractivity contribution is 7.87. The van der Waals surface area contributed by atoms with Gasteiger partial charge < -0.3 is 9.47 Å². The number of hydrogen-bond donors (Lipinski definition) is 2. The molecule has 1 heterocycles. The zero-order chi connectivity index (χ0) is 26.0. The number of nitrogens with one attached hydrogen (secondary N) is 2. The molecule has 0 saturated carbocycles. The molecule has 2 aromatic carbocycles. The minimum atomic E-state index is -4.71. The molecule has 0 saturated heterocycles. The summed E-state index contributed by atoms with van der Waals surface area (Å²) in [6.07, 6.45) is -5.93. The van der Waals surface area contributed by atoms with E-state index in [4.69, 9.17) is 21.1 Å². The van der Waals surface area contributed by atoms with E-state index in [0.29, 0.717) is 6.07 Å². The van der Waals surface area contributed by atoms with Gasteiger partial charge in [0.25, 0.3) is 10.2 Å². The Morgan fingerprint density at radius 1 is 1.29 bits per heavy atom. The average Bonchev–Trinajstić information content (AvgIpc) is 2.76. The molecule has 0 aliphatic carbocycles. The summed E-state index contributed by atoms with van der Waals surface area (Å²) in [4.78, 5) is 24.6. The number of Topliss-reactive ketones (excluding diaryl/α,β-unsaturated/α-hetero) is 2. The Hall–Kier alpha value is -2.67. The van der Waals surface area contributed by atoms with Gasteiger partial charge in [-0.25, -0.2) is 4.72 Å². The largest absolute Gasteiger partial charge is 0.491 e. The molecule has 2 atom stereocenters. The molecular formula is C22H22ClF3N2O6S. The van der Waals surface area contributed by atoms with Gasteiger partial charge in [-0.1, -0.05) is 30.7 Å². The number of para-hydroxylation sites is 1. The van der Waals surface area contributed by atoms with Gasteiger partial charge in [-0.05, 0) is 31.2 Å². The second kappa shape index (κ2) is 10.5. The maximum atomic E-state index is 13.4. The van der Waals surface area contributed by atoms with E-state index in [-0.39, 0.29) is 46.4 Å². The molecule has 0 unspecified atom stereocenters. The van der Waals surface area contributed by atoms with Crippen molar-refractivity contribution in [2.24, 2.45) is 0 Å². The molecule has 3 rings (SSSR count). The number of halogens is 4. The maximum absolute atomic E-state index is 13.4. The molecule has 0 spiro atoms. The first-order valence-electron chi connectivity index (χ1n) is 10.4. The molecule has 0 radical (unpaired) electrons. The SMILES string of the molecule is CCNS(=O)(=O)N[C@H](COc1cc(C(F)(F)F)ccc1[C@@H]1CC(=O)c2cccc(Cl)c2O1)C(C)=O. The normalized spacial score (nSPS) is 16.9. The number of alkyl halides is 3. The summed E-state index contributed by atoms with van der Waals surface area (Å²) in [6, 6.07) is 5.86. The van der Waals surface area contributed by atoms with Crippen molar-refractivity contribution in [1.29, 1.82) is 0 Å². The van der Waals surface area contributed by atoms with E-state index in [0.717, 1.165) is 19.1 Å². The highest BCUT2D eigenvalue weighted by Gasteiger charge is 2.35. The lowest BCUT2D eigenvalue weighted by molar-refractivity contribution is -0.137. The smallest absolute Gasteiger partial charge is 0.416 e. The van der Waals surface area contributed by atoms with Crippen LogP contribution in [-0.4, -0.2) is 39.2 Å². The van der Waals surface area contributed by atoms with Gasteiger partial charge in [0.05, 0.1) is 22.6 Å². The lowest BCUT2D eigenvalue weighted by atomic mass is 9.95. The van der Waals surface area contributed by atoms with Crippen molar-refractivity contribution in [3.63, 3.8) is 0 Å². The number of ether oxygens (including phenoxy) is 2. The number of hydrogen-bond acceptors (Lipinski definition) is 6. The van der Waals surface area contributed by atoms with E-state index in [9.17, 15) is 31.2 Å². The molecule has 1 aliphatic heterocycles. The van der Waals surface area contributed by atoms with Crippen LogP contribution in [0.3, 0.4) is 0 Å². The predicted octanol–water partition coefficient (Wildman–Crippen LogP) is 3.85. The summed E-state index contributed by atoms with van der Waals surface area (Å²) in [5.74, 6) is -1.17. The molecule has 0 bridgehead atoms. The Morgan fingerprint density at radius 3 is 2.63 bits per heavy atom. The third kappa shape index (κ3) is 6.51. The van der Waals surface area contributed by atoms with Crippen LogP contribution in [0.25, 0.3) is 0 Å². The Kier molecular flexibility index (Phi) is 8.10. The first-order chi connectivity index (χ1) is 16.3. The first kappa shape index (κ1) is 26.9. The lowest BCUT2D eigenvalue weighted by Gasteiger charge is -2.28. The van der Waals surface area contributed by atoms with Crippen LogP contribution < -0.4 is 18.9 Å². The van der Waals surface area contributed by atoms with E-state index >= 15 is 0 Å². The zero-order valence-electron chi connectivity index (χ0n) is 18.6. The third-order valence-electron chi connectivity index (χ3n) is 5.11. The topological polar surface area (TPSA) is 111 Å². The number of fused-ring (bicyclic) bond motifs is 1. The van der Waals surface area contributed by atoms with Crippen molar-refractivity contribution in [3.8, 4) is 11.5 Å². The van der Waals surface area contributed by atoms with E-state index in [1.165, 1.54) is 19.1 Å². The van der Waals surface area contributed by atoms with Crippen LogP contribution >= 0.6 is 11.6 Å². The molecule has 0 fully saturated rings. The van der Waals surface area contributed by atoms with Gasteiger partial charge >= 0.3 is 6.18 Å². The van der Waals surface area contributed by atoms with Gasteiger partial charge in [-0.2, -0.15) is 26.3 Å². The van der Waals surface area contributed by atoms with Crippen LogP contribution in [0.4, 0.5) is 13.2 Å². The molecule has 0 aromatic heterocycles. The predicted molar refractivity (Wildman–Crippen MR) is 121 cm³/mol. The van der Waals surface area contributed by atoms with E-state index in [2.05, 4.69) is 9.44 Å². The Labute approximate surface area is 204 Å². The van der Waals surface area contributed by atoms with Crippen LogP contribution in [-0.2, 0) is 21.2 Å². The fourth-order valence-corrected chi connectivity index (χ4v) is 4.70. The van der Waals surface area contributed by atoms with Gasteiger partial charge in [0.2, 0.25) is 0 Å². The fraction of sp³-hybridized carbons (Fsp3) is 0.364. The quantitative estimate of drug-likeness (QED) is 0.506. The molecular weight excluding hydrogens is 513 g/mol. The number of carbonyl (C=O) groups excluding carboxylic acids is 2. The Bertz CT molecular complexity index is 1240. The van der Waals surface area contributed by atoms with E-state index in [1.807, 2.05) is 0 Å². The standard InChI is InChI=1S/C22H22ClF3N2O6S/c1-3-27-35(31,32)28-17(12(2)29)11-33-19-9-13(22(24,25)26)7-8-15(19)20-10-18(30)14-5-4-6-16(23)21(14)34-20/h4-9,17,20,27-28H,3,10-11H2,1-2H3/t17-,20+/m1/s1. The third-order valence-corrected chi connectivity index (χ3v) is 6.68. The van der Waals surface area contributed by atoms with Gasteiger partial charge in [0.1, 0.15) is 30.3 Å². The van der Waals surface area contributed by atoms with Crippen molar-refractivity contribution in [2.45, 2.75) is 38.6 Å². The van der Waals surface area contributed by atoms with Crippen molar-refractivity contribution in [1.82, 2.24) is 9.44 Å². The second-order valence-electron chi connectivity index (χ2n) is 7.69. The van der Waals surface area contributed by atoms with Crippen LogP contribution in [0.5, 0.6) is 11.5 Å². The molecule has 8 nitrogen and oxygen atoms in total. The van der Waals surface area contributed by atoms with Gasteiger partial charge in [0, 0.05) is 12.1 Å².